The van der Waals surface area contributed by atoms with E-state index in [1.807, 2.05) is 36.4 Å². The molecule has 2 aromatic carbocycles. The van der Waals surface area contributed by atoms with E-state index in [9.17, 15) is 14.4 Å². The number of carbonyl (C=O) groups is 3. The van der Waals surface area contributed by atoms with Crippen molar-refractivity contribution in [3.05, 3.63) is 59.7 Å². The van der Waals surface area contributed by atoms with E-state index in [0.29, 0.717) is 6.04 Å². The predicted octanol–water partition coefficient (Wildman–Crippen LogP) is 3.11. The minimum atomic E-state index is -1.01. The monoisotopic (exact) mass is 477 g/mol. The first-order valence-corrected chi connectivity index (χ1v) is 12.4. The third-order valence-electron chi connectivity index (χ3n) is 7.53. The second-order valence-electron chi connectivity index (χ2n) is 9.60. The van der Waals surface area contributed by atoms with Gasteiger partial charge in [0.15, 0.2) is 0 Å². The van der Waals surface area contributed by atoms with Gasteiger partial charge in [-0.05, 0) is 54.5 Å². The van der Waals surface area contributed by atoms with Gasteiger partial charge < -0.3 is 20.5 Å². The van der Waals surface area contributed by atoms with Crippen molar-refractivity contribution < 1.29 is 24.2 Å². The van der Waals surface area contributed by atoms with Crippen LogP contribution in [0.1, 0.15) is 49.1 Å². The topological polar surface area (TPSA) is 108 Å². The van der Waals surface area contributed by atoms with E-state index >= 15 is 0 Å². The number of fused-ring (bicyclic) bond motifs is 4. The highest BCUT2D eigenvalue weighted by molar-refractivity contribution is 5.86. The Hall–Kier alpha value is -3.39. The molecule has 8 heteroatoms. The molecule has 8 nitrogen and oxygen atoms in total. The quantitative estimate of drug-likeness (QED) is 0.539. The van der Waals surface area contributed by atoms with Crippen molar-refractivity contribution in [1.29, 1.82) is 0 Å². The molecular weight excluding hydrogens is 446 g/mol. The van der Waals surface area contributed by atoms with E-state index in [0.717, 1.165) is 54.6 Å². The van der Waals surface area contributed by atoms with E-state index < -0.39 is 18.1 Å². The number of hydrogen-bond acceptors (Lipinski definition) is 5. The molecule has 35 heavy (non-hydrogen) atoms. The normalized spacial score (nSPS) is 21.6. The van der Waals surface area contributed by atoms with Crippen LogP contribution in [0.4, 0.5) is 4.79 Å². The van der Waals surface area contributed by atoms with Crippen LogP contribution in [-0.2, 0) is 14.3 Å². The summed E-state index contributed by atoms with van der Waals surface area (Å²) in [5.74, 6) is -1.45. The molecule has 0 bridgehead atoms. The summed E-state index contributed by atoms with van der Waals surface area (Å²) in [4.78, 5) is 39.3. The molecule has 184 valence electrons. The molecule has 2 fully saturated rings. The maximum Gasteiger partial charge on any atom is 0.407 e. The molecule has 3 unspecified atom stereocenters. The van der Waals surface area contributed by atoms with Crippen molar-refractivity contribution in [3.63, 3.8) is 0 Å². The Morgan fingerprint density at radius 1 is 1.00 bits per heavy atom. The van der Waals surface area contributed by atoms with Crippen molar-refractivity contribution in [2.24, 2.45) is 0 Å². The number of carboxylic acids is 1. The fourth-order valence-corrected chi connectivity index (χ4v) is 5.85. The Morgan fingerprint density at radius 2 is 1.69 bits per heavy atom. The Labute approximate surface area is 204 Å². The van der Waals surface area contributed by atoms with Crippen LogP contribution in [0.25, 0.3) is 11.1 Å². The maximum atomic E-state index is 13.0. The average Bonchev–Trinajstić information content (AvgIpc) is 3.55. The Balaban J connectivity index is 1.22. The number of nitrogens with zero attached hydrogens (tertiary/aromatic N) is 1. The summed E-state index contributed by atoms with van der Waals surface area (Å²) in [5.41, 5.74) is 4.47. The first kappa shape index (κ1) is 23.4. The van der Waals surface area contributed by atoms with E-state index in [4.69, 9.17) is 9.84 Å². The van der Waals surface area contributed by atoms with Crippen LogP contribution >= 0.6 is 0 Å². The van der Waals surface area contributed by atoms with Gasteiger partial charge in [0.25, 0.3) is 0 Å². The zero-order valence-electron chi connectivity index (χ0n) is 19.6. The lowest BCUT2D eigenvalue weighted by atomic mass is 9.98. The number of alkyl carbamates (subject to hydrolysis) is 1. The fourth-order valence-electron chi connectivity index (χ4n) is 5.85. The SMILES string of the molecule is O=C(O)CCC(NC(=O)OCC1c2ccccc2-c2ccccc21)C(=O)NC1CCN2CCCC12. The van der Waals surface area contributed by atoms with E-state index in [2.05, 4.69) is 27.7 Å². The van der Waals surface area contributed by atoms with Crippen LogP contribution in [0.5, 0.6) is 0 Å². The highest BCUT2D eigenvalue weighted by atomic mass is 16.5. The summed E-state index contributed by atoms with van der Waals surface area (Å²) in [6.45, 7) is 2.14. The highest BCUT2D eigenvalue weighted by Gasteiger charge is 2.39. The molecule has 3 aliphatic rings. The molecule has 0 radical (unpaired) electrons. The number of carboxylic acid groups (broad SMARTS) is 1. The molecule has 0 spiro atoms. The number of nitrogens with one attached hydrogen (secondary N) is 2. The summed E-state index contributed by atoms with van der Waals surface area (Å²) in [5, 5.41) is 14.8. The summed E-state index contributed by atoms with van der Waals surface area (Å²) < 4.78 is 5.58. The van der Waals surface area contributed by atoms with E-state index in [-0.39, 0.29) is 37.3 Å². The largest absolute Gasteiger partial charge is 0.481 e. The number of aliphatic carboxylic acids is 1. The van der Waals surface area contributed by atoms with Gasteiger partial charge in [0.2, 0.25) is 5.91 Å². The predicted molar refractivity (Wildman–Crippen MR) is 130 cm³/mol. The average molecular weight is 478 g/mol. The Kier molecular flexibility index (Phi) is 6.72. The number of amides is 2. The Bertz CT molecular complexity index is 1070. The molecule has 2 aromatic rings. The molecule has 0 aromatic heterocycles. The highest BCUT2D eigenvalue weighted by Crippen LogP contribution is 2.44. The summed E-state index contributed by atoms with van der Waals surface area (Å²) >= 11 is 0. The van der Waals surface area contributed by atoms with Gasteiger partial charge >= 0.3 is 12.1 Å². The van der Waals surface area contributed by atoms with Crippen LogP contribution in [0.15, 0.2) is 48.5 Å². The molecule has 2 saturated heterocycles. The zero-order chi connectivity index (χ0) is 24.4. The molecule has 2 amide bonds. The maximum absolute atomic E-state index is 13.0. The summed E-state index contributed by atoms with van der Waals surface area (Å²) in [7, 11) is 0. The van der Waals surface area contributed by atoms with Crippen LogP contribution in [0, 0.1) is 0 Å². The third-order valence-corrected chi connectivity index (χ3v) is 7.53. The minimum Gasteiger partial charge on any atom is -0.481 e. The van der Waals surface area contributed by atoms with Gasteiger partial charge in [-0.2, -0.15) is 0 Å². The smallest absolute Gasteiger partial charge is 0.407 e. The fraction of sp³-hybridized carbons (Fsp3) is 0.444. The molecule has 3 N–H and O–H groups in total. The van der Waals surface area contributed by atoms with Crippen molar-refractivity contribution in [1.82, 2.24) is 15.5 Å². The van der Waals surface area contributed by atoms with Crippen LogP contribution < -0.4 is 10.6 Å². The number of hydrogen-bond donors (Lipinski definition) is 3. The zero-order valence-corrected chi connectivity index (χ0v) is 19.6. The Morgan fingerprint density at radius 3 is 2.37 bits per heavy atom. The number of benzene rings is 2. The molecule has 5 rings (SSSR count). The second-order valence-corrected chi connectivity index (χ2v) is 9.60. The lowest BCUT2D eigenvalue weighted by Gasteiger charge is -2.24. The van der Waals surface area contributed by atoms with Gasteiger partial charge in [-0.15, -0.1) is 0 Å². The van der Waals surface area contributed by atoms with Gasteiger partial charge in [0.1, 0.15) is 12.6 Å². The van der Waals surface area contributed by atoms with Gasteiger partial charge in [-0.1, -0.05) is 48.5 Å². The van der Waals surface area contributed by atoms with E-state index in [1.54, 1.807) is 0 Å². The van der Waals surface area contributed by atoms with Crippen molar-refractivity contribution in [2.45, 2.75) is 56.1 Å². The van der Waals surface area contributed by atoms with Gasteiger partial charge in [-0.3, -0.25) is 14.5 Å². The number of rotatable bonds is 8. The molecule has 1 aliphatic carbocycles. The lowest BCUT2D eigenvalue weighted by molar-refractivity contribution is -0.137. The molecular formula is C27H31N3O5. The number of ether oxygens (including phenoxy) is 1. The van der Waals surface area contributed by atoms with Crippen molar-refractivity contribution >= 4 is 18.0 Å². The summed E-state index contributed by atoms with van der Waals surface area (Å²) in [6, 6.07) is 15.5. The van der Waals surface area contributed by atoms with Crippen LogP contribution in [-0.4, -0.2) is 65.8 Å². The second kappa shape index (κ2) is 10.1. The minimum absolute atomic E-state index is 0.00641. The van der Waals surface area contributed by atoms with E-state index in [1.165, 1.54) is 0 Å². The van der Waals surface area contributed by atoms with Gasteiger partial charge in [-0.25, -0.2) is 4.79 Å². The molecule has 0 saturated carbocycles. The van der Waals surface area contributed by atoms with Gasteiger partial charge in [0, 0.05) is 31.0 Å². The first-order valence-electron chi connectivity index (χ1n) is 12.4. The molecule has 2 heterocycles. The standard InChI is InChI=1S/C27H31N3O5/c31-25(32)12-11-23(26(33)28-22-13-15-30-14-5-10-24(22)30)29-27(34)35-16-21-19-8-3-1-6-17(19)18-7-2-4-9-20(18)21/h1-4,6-9,21-24H,5,10-16H2,(H,28,33)(H,29,34)(H,31,32). The van der Waals surface area contributed by atoms with Gasteiger partial charge in [0.05, 0.1) is 0 Å². The first-order chi connectivity index (χ1) is 17.0. The van der Waals surface area contributed by atoms with Crippen LogP contribution in [0.3, 0.4) is 0 Å². The van der Waals surface area contributed by atoms with Crippen molar-refractivity contribution in [2.75, 3.05) is 19.7 Å². The lowest BCUT2D eigenvalue weighted by Crippen LogP contribution is -2.52. The number of carbonyl (C=O) groups excluding carboxylic acids is 2. The van der Waals surface area contributed by atoms with Crippen LogP contribution in [0.2, 0.25) is 0 Å². The van der Waals surface area contributed by atoms with Crippen molar-refractivity contribution in [3.8, 4) is 11.1 Å². The molecule has 2 aliphatic heterocycles. The molecule has 3 atom stereocenters. The summed E-state index contributed by atoms with van der Waals surface area (Å²) in [6.07, 6.45) is 2.11. The third kappa shape index (κ3) is 4.89.